The second kappa shape index (κ2) is 9.63. The first-order valence-electron chi connectivity index (χ1n) is 10.4. The third-order valence-electron chi connectivity index (χ3n) is 5.30. The summed E-state index contributed by atoms with van der Waals surface area (Å²) in [5, 5.41) is 0. The van der Waals surface area contributed by atoms with Gasteiger partial charge in [0.1, 0.15) is 5.69 Å². The van der Waals surface area contributed by atoms with E-state index in [1.165, 1.54) is 0 Å². The maximum Gasteiger partial charge on any atom is 0.189 e. The highest BCUT2D eigenvalue weighted by molar-refractivity contribution is 6.00. The van der Waals surface area contributed by atoms with E-state index in [0.29, 0.717) is 25.5 Å². The highest BCUT2D eigenvalue weighted by atomic mass is 16.5. The van der Waals surface area contributed by atoms with E-state index in [2.05, 4.69) is 19.9 Å². The van der Waals surface area contributed by atoms with E-state index in [1.54, 1.807) is 18.6 Å². The average molecular weight is 419 g/mol. The summed E-state index contributed by atoms with van der Waals surface area (Å²) in [6.07, 6.45) is 5.98. The molecule has 0 spiro atoms. The number of aromatic nitrogens is 3. The SMILES string of the molecule is NCCc1cccc(-c2cnc(N)c(C(=O)Cc3cnccc3N3CCOCC3)n2)c1. The third kappa shape index (κ3) is 4.87. The van der Waals surface area contributed by atoms with Crippen LogP contribution >= 0.6 is 0 Å². The number of carbonyl (C=O) groups excluding carboxylic acids is 1. The number of benzene rings is 1. The number of pyridine rings is 1. The Hall–Kier alpha value is -3.36. The molecule has 1 aromatic carbocycles. The molecular weight excluding hydrogens is 392 g/mol. The van der Waals surface area contributed by atoms with Crippen molar-refractivity contribution in [2.24, 2.45) is 5.73 Å². The van der Waals surface area contributed by atoms with Gasteiger partial charge in [0.25, 0.3) is 0 Å². The molecule has 0 radical (unpaired) electrons. The second-order valence-corrected chi connectivity index (χ2v) is 7.43. The van der Waals surface area contributed by atoms with Gasteiger partial charge in [0.2, 0.25) is 0 Å². The van der Waals surface area contributed by atoms with Gasteiger partial charge in [-0.2, -0.15) is 0 Å². The number of carbonyl (C=O) groups is 1. The van der Waals surface area contributed by atoms with Crippen LogP contribution in [0.5, 0.6) is 0 Å². The number of hydrogen-bond acceptors (Lipinski definition) is 8. The van der Waals surface area contributed by atoms with E-state index in [-0.39, 0.29) is 23.7 Å². The lowest BCUT2D eigenvalue weighted by molar-refractivity contribution is 0.0988. The van der Waals surface area contributed by atoms with Crippen LogP contribution in [0.1, 0.15) is 21.6 Å². The van der Waals surface area contributed by atoms with Crippen molar-refractivity contribution in [1.29, 1.82) is 0 Å². The van der Waals surface area contributed by atoms with Crippen LogP contribution in [0, 0.1) is 0 Å². The summed E-state index contributed by atoms with van der Waals surface area (Å²) in [6.45, 7) is 3.46. The van der Waals surface area contributed by atoms with Crippen LogP contribution in [0.2, 0.25) is 0 Å². The zero-order valence-corrected chi connectivity index (χ0v) is 17.3. The molecule has 2 aromatic heterocycles. The van der Waals surface area contributed by atoms with Crippen LogP contribution in [0.15, 0.2) is 48.9 Å². The Morgan fingerprint density at radius 2 is 2.00 bits per heavy atom. The van der Waals surface area contributed by atoms with Gasteiger partial charge in [0.05, 0.1) is 25.1 Å². The number of ketones is 1. The van der Waals surface area contributed by atoms with Crippen molar-refractivity contribution in [2.45, 2.75) is 12.8 Å². The maximum absolute atomic E-state index is 13.2. The molecular formula is C23H26N6O2. The predicted molar refractivity (Wildman–Crippen MR) is 120 cm³/mol. The number of nitrogens with zero attached hydrogens (tertiary/aromatic N) is 4. The first kappa shape index (κ1) is 20.9. The Balaban J connectivity index is 1.60. The number of rotatable bonds is 7. The molecule has 1 fully saturated rings. The molecule has 31 heavy (non-hydrogen) atoms. The van der Waals surface area contributed by atoms with Crippen LogP contribution in [0.4, 0.5) is 11.5 Å². The minimum atomic E-state index is -0.188. The number of morpholine rings is 1. The summed E-state index contributed by atoms with van der Waals surface area (Å²) in [6, 6.07) is 9.85. The van der Waals surface area contributed by atoms with Crippen LogP contribution in [0.25, 0.3) is 11.3 Å². The Morgan fingerprint density at radius 3 is 2.81 bits per heavy atom. The lowest BCUT2D eigenvalue weighted by atomic mass is 10.0. The molecule has 1 aliphatic rings. The van der Waals surface area contributed by atoms with Crippen molar-refractivity contribution in [3.63, 3.8) is 0 Å². The summed E-state index contributed by atoms with van der Waals surface area (Å²) in [5.41, 5.74) is 16.3. The Labute approximate surface area is 181 Å². The smallest absolute Gasteiger partial charge is 0.189 e. The number of ether oxygens (including phenoxy) is 1. The minimum absolute atomic E-state index is 0.128. The molecule has 160 valence electrons. The Kier molecular flexibility index (Phi) is 6.49. The largest absolute Gasteiger partial charge is 0.382 e. The zero-order chi connectivity index (χ0) is 21.6. The van der Waals surface area contributed by atoms with Gasteiger partial charge in [-0.3, -0.25) is 9.78 Å². The highest BCUT2D eigenvalue weighted by Crippen LogP contribution is 2.24. The van der Waals surface area contributed by atoms with Crippen molar-refractivity contribution >= 4 is 17.3 Å². The summed E-state index contributed by atoms with van der Waals surface area (Å²) >= 11 is 0. The van der Waals surface area contributed by atoms with E-state index in [4.69, 9.17) is 16.2 Å². The number of nitrogens with two attached hydrogens (primary N) is 2. The summed E-state index contributed by atoms with van der Waals surface area (Å²) in [4.78, 5) is 28.4. The molecule has 8 nitrogen and oxygen atoms in total. The molecule has 4 N–H and O–H groups in total. The van der Waals surface area contributed by atoms with Crippen molar-refractivity contribution in [3.05, 3.63) is 65.7 Å². The monoisotopic (exact) mass is 418 g/mol. The normalized spacial score (nSPS) is 13.9. The van der Waals surface area contributed by atoms with Crippen molar-refractivity contribution in [2.75, 3.05) is 43.5 Å². The maximum atomic E-state index is 13.2. The lowest BCUT2D eigenvalue weighted by Gasteiger charge is -2.30. The van der Waals surface area contributed by atoms with E-state index in [0.717, 1.165) is 41.9 Å². The van der Waals surface area contributed by atoms with Gasteiger partial charge in [-0.15, -0.1) is 0 Å². The van der Waals surface area contributed by atoms with Crippen LogP contribution in [0.3, 0.4) is 0 Å². The highest BCUT2D eigenvalue weighted by Gasteiger charge is 2.20. The Morgan fingerprint density at radius 1 is 1.16 bits per heavy atom. The Bertz CT molecular complexity index is 1070. The first-order chi connectivity index (χ1) is 15.2. The third-order valence-corrected chi connectivity index (χ3v) is 5.30. The molecule has 0 aliphatic carbocycles. The number of Topliss-reactive ketones (excluding diaryl/α,β-unsaturated/α-hetero) is 1. The van der Waals surface area contributed by atoms with Gasteiger partial charge in [0.15, 0.2) is 11.6 Å². The standard InChI is InChI=1S/C23H26N6O2/c24-6-4-16-2-1-3-17(12-16)19-15-27-23(25)22(28-19)21(30)13-18-14-26-7-5-20(18)29-8-10-31-11-9-29/h1-3,5,7,12,14-15H,4,6,8-11,13,24H2,(H2,25,27). The van der Waals surface area contributed by atoms with Crippen molar-refractivity contribution < 1.29 is 9.53 Å². The topological polar surface area (TPSA) is 120 Å². The fraction of sp³-hybridized carbons (Fsp3) is 0.304. The number of anilines is 2. The lowest BCUT2D eigenvalue weighted by Crippen LogP contribution is -2.37. The molecule has 0 bridgehead atoms. The molecule has 8 heteroatoms. The van der Waals surface area contributed by atoms with Gasteiger partial charge < -0.3 is 21.1 Å². The average Bonchev–Trinajstić information content (AvgIpc) is 2.81. The van der Waals surface area contributed by atoms with Crippen LogP contribution in [-0.2, 0) is 17.6 Å². The quantitative estimate of drug-likeness (QED) is 0.558. The van der Waals surface area contributed by atoms with E-state index in [9.17, 15) is 4.79 Å². The van der Waals surface area contributed by atoms with Gasteiger partial charge in [-0.05, 0) is 30.7 Å². The molecule has 3 aromatic rings. The molecule has 0 atom stereocenters. The number of hydrogen-bond donors (Lipinski definition) is 2. The molecule has 0 unspecified atom stereocenters. The van der Waals surface area contributed by atoms with E-state index in [1.807, 2.05) is 30.3 Å². The van der Waals surface area contributed by atoms with Gasteiger partial charge >= 0.3 is 0 Å². The molecule has 1 aliphatic heterocycles. The molecule has 3 heterocycles. The van der Waals surface area contributed by atoms with Gasteiger partial charge in [0, 0.05) is 48.7 Å². The van der Waals surface area contributed by atoms with Crippen molar-refractivity contribution in [3.8, 4) is 11.3 Å². The summed E-state index contributed by atoms with van der Waals surface area (Å²) in [7, 11) is 0. The van der Waals surface area contributed by atoms with Gasteiger partial charge in [-0.1, -0.05) is 18.2 Å². The van der Waals surface area contributed by atoms with E-state index < -0.39 is 0 Å². The molecule has 1 saturated heterocycles. The van der Waals surface area contributed by atoms with Crippen molar-refractivity contribution in [1.82, 2.24) is 15.0 Å². The zero-order valence-electron chi connectivity index (χ0n) is 17.3. The van der Waals surface area contributed by atoms with Crippen LogP contribution < -0.4 is 16.4 Å². The van der Waals surface area contributed by atoms with Gasteiger partial charge in [-0.25, -0.2) is 9.97 Å². The fourth-order valence-corrected chi connectivity index (χ4v) is 3.72. The summed E-state index contributed by atoms with van der Waals surface area (Å²) in [5.74, 6) is -0.0591. The molecule has 0 saturated carbocycles. The van der Waals surface area contributed by atoms with E-state index >= 15 is 0 Å². The molecule has 0 amide bonds. The predicted octanol–water partition coefficient (Wildman–Crippen LogP) is 1.88. The minimum Gasteiger partial charge on any atom is -0.382 e. The van der Waals surface area contributed by atoms with Crippen LogP contribution in [-0.4, -0.2) is 53.6 Å². The first-order valence-corrected chi connectivity index (χ1v) is 10.4. The fourth-order valence-electron chi connectivity index (χ4n) is 3.72. The second-order valence-electron chi connectivity index (χ2n) is 7.43. The molecule has 4 rings (SSSR count). The summed E-state index contributed by atoms with van der Waals surface area (Å²) < 4.78 is 5.44. The number of nitrogen functional groups attached to an aromatic ring is 1.